The van der Waals surface area contributed by atoms with Crippen molar-refractivity contribution in [1.29, 1.82) is 0 Å². The molecule has 20 heavy (non-hydrogen) atoms. The van der Waals surface area contributed by atoms with E-state index in [2.05, 4.69) is 4.90 Å². The van der Waals surface area contributed by atoms with Crippen LogP contribution in [0.4, 0.5) is 0 Å². The van der Waals surface area contributed by atoms with E-state index in [1.807, 2.05) is 34.8 Å². The lowest BCUT2D eigenvalue weighted by Gasteiger charge is -2.39. The van der Waals surface area contributed by atoms with Gasteiger partial charge in [-0.2, -0.15) is 0 Å². The van der Waals surface area contributed by atoms with Crippen molar-refractivity contribution in [3.05, 3.63) is 24.0 Å². The van der Waals surface area contributed by atoms with Crippen molar-refractivity contribution in [3.63, 3.8) is 0 Å². The van der Waals surface area contributed by atoms with E-state index in [1.54, 1.807) is 0 Å². The fraction of sp³-hybridized carbons (Fsp3) is 0.667. The van der Waals surface area contributed by atoms with Crippen molar-refractivity contribution >= 4 is 5.91 Å². The summed E-state index contributed by atoms with van der Waals surface area (Å²) >= 11 is 0. The van der Waals surface area contributed by atoms with Gasteiger partial charge >= 0.3 is 0 Å². The first-order valence-corrected chi connectivity index (χ1v) is 7.49. The van der Waals surface area contributed by atoms with E-state index in [0.29, 0.717) is 6.04 Å². The van der Waals surface area contributed by atoms with Gasteiger partial charge in [0.1, 0.15) is 5.69 Å². The van der Waals surface area contributed by atoms with Crippen molar-refractivity contribution in [2.45, 2.75) is 31.4 Å². The third kappa shape index (κ3) is 2.47. The monoisotopic (exact) mass is 277 g/mol. The van der Waals surface area contributed by atoms with E-state index in [-0.39, 0.29) is 12.0 Å². The lowest BCUT2D eigenvalue weighted by atomic mass is 10.1. The predicted molar refractivity (Wildman–Crippen MR) is 76.5 cm³/mol. The summed E-state index contributed by atoms with van der Waals surface area (Å²) in [6.45, 7) is 3.26. The molecule has 2 aliphatic rings. The van der Waals surface area contributed by atoms with Crippen molar-refractivity contribution in [2.24, 2.45) is 7.05 Å². The Morgan fingerprint density at radius 2 is 2.00 bits per heavy atom. The van der Waals surface area contributed by atoms with Crippen LogP contribution < -0.4 is 0 Å². The minimum Gasteiger partial charge on any atom is -0.391 e. The van der Waals surface area contributed by atoms with Crippen LogP contribution in [0.25, 0.3) is 0 Å². The Hall–Kier alpha value is -1.33. The molecule has 0 radical (unpaired) electrons. The van der Waals surface area contributed by atoms with Crippen LogP contribution in [0.5, 0.6) is 0 Å². The van der Waals surface area contributed by atoms with Gasteiger partial charge in [-0.05, 0) is 31.4 Å². The number of aliphatic hydroxyl groups excluding tert-OH is 1. The molecule has 2 heterocycles. The maximum atomic E-state index is 12.4. The molecule has 1 saturated carbocycles. The first-order chi connectivity index (χ1) is 9.66. The molecule has 1 saturated heterocycles. The summed E-state index contributed by atoms with van der Waals surface area (Å²) in [7, 11) is 1.90. The highest BCUT2D eigenvalue weighted by Crippen LogP contribution is 2.25. The molecule has 110 valence electrons. The summed E-state index contributed by atoms with van der Waals surface area (Å²) in [6.07, 6.45) is 4.86. The first kappa shape index (κ1) is 13.6. The molecule has 1 aliphatic heterocycles. The summed E-state index contributed by atoms with van der Waals surface area (Å²) in [6, 6.07) is 4.08. The topological polar surface area (TPSA) is 48.7 Å². The van der Waals surface area contributed by atoms with Crippen LogP contribution in [-0.2, 0) is 7.05 Å². The molecule has 1 amide bonds. The van der Waals surface area contributed by atoms with Gasteiger partial charge in [-0.3, -0.25) is 9.69 Å². The van der Waals surface area contributed by atoms with Gasteiger partial charge in [-0.15, -0.1) is 0 Å². The molecule has 2 atom stereocenters. The number of rotatable bonds is 2. The van der Waals surface area contributed by atoms with E-state index in [1.165, 1.54) is 0 Å². The molecule has 3 rings (SSSR count). The standard InChI is InChI=1S/C15H23N3O2/c1-16-7-3-5-13(16)15(20)18-10-8-17(9-11-18)12-4-2-6-14(12)19/h3,5,7,12,14,19H,2,4,6,8-11H2,1H3/t12-,14+/m1/s1. The van der Waals surface area contributed by atoms with Crippen LogP contribution in [0.2, 0.25) is 0 Å². The Kier molecular flexibility index (Phi) is 3.81. The second kappa shape index (κ2) is 5.58. The molecule has 1 aromatic rings. The van der Waals surface area contributed by atoms with Gasteiger partial charge in [0, 0.05) is 45.5 Å². The predicted octanol–water partition coefficient (Wildman–Crippen LogP) is 0.696. The number of aromatic nitrogens is 1. The second-order valence-corrected chi connectivity index (χ2v) is 5.90. The third-order valence-electron chi connectivity index (χ3n) is 4.68. The number of amides is 1. The fourth-order valence-electron chi connectivity index (χ4n) is 3.45. The summed E-state index contributed by atoms with van der Waals surface area (Å²) in [4.78, 5) is 16.7. The SMILES string of the molecule is Cn1cccc1C(=O)N1CCN([C@@H]2CCC[C@@H]2O)CC1. The summed E-state index contributed by atoms with van der Waals surface area (Å²) in [5, 5.41) is 9.98. The average molecular weight is 277 g/mol. The zero-order valence-electron chi connectivity index (χ0n) is 12.0. The highest BCUT2D eigenvalue weighted by Gasteiger charge is 2.33. The lowest BCUT2D eigenvalue weighted by Crippen LogP contribution is -2.53. The van der Waals surface area contributed by atoms with E-state index >= 15 is 0 Å². The second-order valence-electron chi connectivity index (χ2n) is 5.90. The summed E-state index contributed by atoms with van der Waals surface area (Å²) in [5.74, 6) is 0.115. The van der Waals surface area contributed by atoms with E-state index in [4.69, 9.17) is 0 Å². The fourth-order valence-corrected chi connectivity index (χ4v) is 3.45. The molecular formula is C15H23N3O2. The third-order valence-corrected chi connectivity index (χ3v) is 4.68. The van der Waals surface area contributed by atoms with E-state index in [9.17, 15) is 9.90 Å². The van der Waals surface area contributed by atoms with Gasteiger partial charge < -0.3 is 14.6 Å². The van der Waals surface area contributed by atoms with Gasteiger partial charge in [0.2, 0.25) is 0 Å². The quantitative estimate of drug-likeness (QED) is 0.865. The highest BCUT2D eigenvalue weighted by atomic mass is 16.3. The lowest BCUT2D eigenvalue weighted by molar-refractivity contribution is 0.0311. The Morgan fingerprint density at radius 1 is 1.25 bits per heavy atom. The van der Waals surface area contributed by atoms with Gasteiger partial charge in [0.15, 0.2) is 0 Å². The largest absolute Gasteiger partial charge is 0.391 e. The van der Waals surface area contributed by atoms with Crippen molar-refractivity contribution in [2.75, 3.05) is 26.2 Å². The molecule has 0 spiro atoms. The zero-order chi connectivity index (χ0) is 14.1. The Labute approximate surface area is 119 Å². The molecule has 0 aromatic carbocycles. The smallest absolute Gasteiger partial charge is 0.270 e. The number of carbonyl (C=O) groups is 1. The van der Waals surface area contributed by atoms with Crippen LogP contribution in [0.1, 0.15) is 29.8 Å². The van der Waals surface area contributed by atoms with Crippen LogP contribution in [0, 0.1) is 0 Å². The van der Waals surface area contributed by atoms with Gasteiger partial charge in [-0.25, -0.2) is 0 Å². The van der Waals surface area contributed by atoms with Crippen molar-refractivity contribution in [3.8, 4) is 0 Å². The number of aliphatic hydroxyl groups is 1. The Bertz CT molecular complexity index is 477. The van der Waals surface area contributed by atoms with E-state index in [0.717, 1.165) is 51.1 Å². The Morgan fingerprint density at radius 3 is 2.55 bits per heavy atom. The van der Waals surface area contributed by atoms with Crippen LogP contribution in [-0.4, -0.2) is 63.7 Å². The summed E-state index contributed by atoms with van der Waals surface area (Å²) in [5.41, 5.74) is 0.749. The van der Waals surface area contributed by atoms with Crippen LogP contribution >= 0.6 is 0 Å². The van der Waals surface area contributed by atoms with Crippen LogP contribution in [0.15, 0.2) is 18.3 Å². The summed E-state index contributed by atoms with van der Waals surface area (Å²) < 4.78 is 1.87. The minimum atomic E-state index is -0.176. The van der Waals surface area contributed by atoms with Gasteiger partial charge in [-0.1, -0.05) is 0 Å². The molecule has 0 bridgehead atoms. The normalized spacial score (nSPS) is 28.0. The molecule has 1 N–H and O–H groups in total. The molecule has 5 heteroatoms. The average Bonchev–Trinajstić information content (AvgIpc) is 3.07. The Balaban J connectivity index is 1.58. The minimum absolute atomic E-state index is 0.115. The van der Waals surface area contributed by atoms with Gasteiger partial charge in [0.25, 0.3) is 5.91 Å². The molecule has 5 nitrogen and oxygen atoms in total. The number of hydrogen-bond donors (Lipinski definition) is 1. The van der Waals surface area contributed by atoms with E-state index < -0.39 is 0 Å². The zero-order valence-corrected chi connectivity index (χ0v) is 12.0. The maximum absolute atomic E-state index is 12.4. The number of aryl methyl sites for hydroxylation is 1. The molecule has 1 aromatic heterocycles. The van der Waals surface area contributed by atoms with Crippen molar-refractivity contribution in [1.82, 2.24) is 14.4 Å². The van der Waals surface area contributed by atoms with Gasteiger partial charge in [0.05, 0.1) is 6.10 Å². The number of piperazine rings is 1. The number of nitrogens with zero attached hydrogens (tertiary/aromatic N) is 3. The number of hydrogen-bond acceptors (Lipinski definition) is 3. The van der Waals surface area contributed by atoms with Crippen LogP contribution in [0.3, 0.4) is 0 Å². The molecule has 0 unspecified atom stereocenters. The first-order valence-electron chi connectivity index (χ1n) is 7.49. The van der Waals surface area contributed by atoms with Crippen molar-refractivity contribution < 1.29 is 9.90 Å². The molecule has 1 aliphatic carbocycles. The highest BCUT2D eigenvalue weighted by molar-refractivity contribution is 5.92. The maximum Gasteiger partial charge on any atom is 0.270 e. The molecule has 2 fully saturated rings. The molecular weight excluding hydrogens is 254 g/mol. The number of carbonyl (C=O) groups excluding carboxylic acids is 1.